The van der Waals surface area contributed by atoms with Crippen molar-refractivity contribution in [2.45, 2.75) is 25.9 Å². The molecule has 3 nitrogen and oxygen atoms in total. The lowest BCUT2D eigenvalue weighted by Crippen LogP contribution is -2.48. The standard InChI is InChI=1S/C15H23N3/c1-3-8-17-15-7-10-18(11-13(15)2)12-14-6-4-5-9-16-14/h3-6,9,13,15,17H,1,7-8,10-12H2,2H3/t13-,15-/m0/s1. The molecule has 1 aromatic rings. The molecule has 0 saturated carbocycles. The Kier molecular flexibility index (Phi) is 4.90. The number of hydrogen-bond acceptors (Lipinski definition) is 3. The predicted molar refractivity (Wildman–Crippen MR) is 75.3 cm³/mol. The molecule has 0 aromatic carbocycles. The van der Waals surface area contributed by atoms with Crippen LogP contribution >= 0.6 is 0 Å². The zero-order valence-electron chi connectivity index (χ0n) is 11.2. The van der Waals surface area contributed by atoms with E-state index >= 15 is 0 Å². The molecule has 0 aliphatic carbocycles. The molecule has 0 spiro atoms. The molecule has 2 heterocycles. The summed E-state index contributed by atoms with van der Waals surface area (Å²) >= 11 is 0. The molecule has 98 valence electrons. The highest BCUT2D eigenvalue weighted by Crippen LogP contribution is 2.18. The maximum atomic E-state index is 4.40. The van der Waals surface area contributed by atoms with Gasteiger partial charge < -0.3 is 5.32 Å². The number of piperidine rings is 1. The van der Waals surface area contributed by atoms with Gasteiger partial charge in [-0.05, 0) is 24.5 Å². The van der Waals surface area contributed by atoms with Crippen LogP contribution in [0, 0.1) is 5.92 Å². The van der Waals surface area contributed by atoms with Crippen LogP contribution in [0.1, 0.15) is 19.0 Å². The average Bonchev–Trinajstić information content (AvgIpc) is 2.39. The lowest BCUT2D eigenvalue weighted by atomic mass is 9.93. The van der Waals surface area contributed by atoms with Gasteiger partial charge in [-0.2, -0.15) is 0 Å². The van der Waals surface area contributed by atoms with E-state index in [9.17, 15) is 0 Å². The van der Waals surface area contributed by atoms with E-state index in [-0.39, 0.29) is 0 Å². The van der Waals surface area contributed by atoms with E-state index in [4.69, 9.17) is 0 Å². The van der Waals surface area contributed by atoms with Crippen LogP contribution in [0.2, 0.25) is 0 Å². The molecule has 1 fully saturated rings. The fourth-order valence-corrected chi connectivity index (χ4v) is 2.63. The van der Waals surface area contributed by atoms with Gasteiger partial charge in [-0.25, -0.2) is 0 Å². The van der Waals surface area contributed by atoms with Crippen molar-refractivity contribution in [1.82, 2.24) is 15.2 Å². The van der Waals surface area contributed by atoms with Gasteiger partial charge in [-0.1, -0.05) is 19.1 Å². The Morgan fingerprint density at radius 3 is 3.11 bits per heavy atom. The second-order valence-corrected chi connectivity index (χ2v) is 5.13. The number of pyridine rings is 1. The molecular weight excluding hydrogens is 222 g/mol. The lowest BCUT2D eigenvalue weighted by Gasteiger charge is -2.37. The van der Waals surface area contributed by atoms with Gasteiger partial charge in [0.15, 0.2) is 0 Å². The van der Waals surface area contributed by atoms with Crippen molar-refractivity contribution in [3.05, 3.63) is 42.7 Å². The minimum atomic E-state index is 0.628. The van der Waals surface area contributed by atoms with Crippen molar-refractivity contribution < 1.29 is 0 Å². The molecule has 0 unspecified atom stereocenters. The largest absolute Gasteiger partial charge is 0.310 e. The molecule has 1 aliphatic heterocycles. The summed E-state index contributed by atoms with van der Waals surface area (Å²) in [6.07, 6.45) is 5.02. The highest BCUT2D eigenvalue weighted by molar-refractivity contribution is 5.03. The maximum absolute atomic E-state index is 4.40. The third-order valence-electron chi connectivity index (χ3n) is 3.63. The quantitative estimate of drug-likeness (QED) is 0.805. The fourth-order valence-electron chi connectivity index (χ4n) is 2.63. The first-order valence-corrected chi connectivity index (χ1v) is 6.76. The first kappa shape index (κ1) is 13.2. The molecule has 1 N–H and O–H groups in total. The number of likely N-dealkylation sites (tertiary alicyclic amines) is 1. The Morgan fingerprint density at radius 2 is 2.44 bits per heavy atom. The van der Waals surface area contributed by atoms with Gasteiger partial charge in [-0.15, -0.1) is 6.58 Å². The molecule has 2 rings (SSSR count). The molecule has 0 radical (unpaired) electrons. The van der Waals surface area contributed by atoms with Crippen molar-refractivity contribution in [3.63, 3.8) is 0 Å². The van der Waals surface area contributed by atoms with E-state index in [0.717, 1.165) is 26.2 Å². The van der Waals surface area contributed by atoms with E-state index in [2.05, 4.69) is 40.8 Å². The second kappa shape index (κ2) is 6.66. The lowest BCUT2D eigenvalue weighted by molar-refractivity contribution is 0.141. The van der Waals surface area contributed by atoms with Crippen LogP contribution in [-0.2, 0) is 6.54 Å². The van der Waals surface area contributed by atoms with Gasteiger partial charge in [0, 0.05) is 38.4 Å². The minimum Gasteiger partial charge on any atom is -0.310 e. The van der Waals surface area contributed by atoms with Gasteiger partial charge >= 0.3 is 0 Å². The Bertz CT molecular complexity index is 363. The third kappa shape index (κ3) is 3.65. The van der Waals surface area contributed by atoms with Crippen molar-refractivity contribution in [3.8, 4) is 0 Å². The summed E-state index contributed by atoms with van der Waals surface area (Å²) in [7, 11) is 0. The number of rotatable bonds is 5. The van der Waals surface area contributed by atoms with Crippen LogP contribution in [0.3, 0.4) is 0 Å². The highest BCUT2D eigenvalue weighted by Gasteiger charge is 2.25. The van der Waals surface area contributed by atoms with Crippen molar-refractivity contribution in [1.29, 1.82) is 0 Å². The van der Waals surface area contributed by atoms with E-state index < -0.39 is 0 Å². The number of aromatic nitrogens is 1. The average molecular weight is 245 g/mol. The molecule has 1 aromatic heterocycles. The normalized spacial score (nSPS) is 24.9. The topological polar surface area (TPSA) is 28.2 Å². The number of nitrogens with zero attached hydrogens (tertiary/aromatic N) is 2. The molecule has 0 bridgehead atoms. The SMILES string of the molecule is C=CCN[C@H]1CCN(Cc2ccccn2)C[C@@H]1C. The zero-order chi connectivity index (χ0) is 12.8. The number of nitrogens with one attached hydrogen (secondary N) is 1. The molecule has 1 saturated heterocycles. The van der Waals surface area contributed by atoms with Crippen molar-refractivity contribution in [2.24, 2.45) is 5.92 Å². The van der Waals surface area contributed by atoms with Gasteiger partial charge in [0.1, 0.15) is 0 Å². The highest BCUT2D eigenvalue weighted by atomic mass is 15.2. The summed E-state index contributed by atoms with van der Waals surface area (Å²) in [6.45, 7) is 10.3. The summed E-state index contributed by atoms with van der Waals surface area (Å²) in [4.78, 5) is 6.90. The summed E-state index contributed by atoms with van der Waals surface area (Å²) < 4.78 is 0. The van der Waals surface area contributed by atoms with Crippen LogP contribution in [0.4, 0.5) is 0 Å². The molecule has 0 amide bonds. The summed E-state index contributed by atoms with van der Waals surface area (Å²) in [5.74, 6) is 0.683. The van der Waals surface area contributed by atoms with Crippen LogP contribution in [-0.4, -0.2) is 35.6 Å². The van der Waals surface area contributed by atoms with Crippen LogP contribution < -0.4 is 5.32 Å². The van der Waals surface area contributed by atoms with E-state index in [0.29, 0.717) is 12.0 Å². The van der Waals surface area contributed by atoms with Crippen molar-refractivity contribution in [2.75, 3.05) is 19.6 Å². The minimum absolute atomic E-state index is 0.628. The molecular formula is C15H23N3. The van der Waals surface area contributed by atoms with Crippen LogP contribution in [0.25, 0.3) is 0 Å². The predicted octanol–water partition coefficient (Wildman–Crippen LogP) is 2.07. The molecule has 3 heteroatoms. The maximum Gasteiger partial charge on any atom is 0.0543 e. The summed E-state index contributed by atoms with van der Waals surface area (Å²) in [5.41, 5.74) is 1.17. The van der Waals surface area contributed by atoms with Gasteiger partial charge in [0.25, 0.3) is 0 Å². The smallest absolute Gasteiger partial charge is 0.0543 e. The third-order valence-corrected chi connectivity index (χ3v) is 3.63. The Balaban J connectivity index is 1.82. The Morgan fingerprint density at radius 1 is 1.56 bits per heavy atom. The van der Waals surface area contributed by atoms with Crippen LogP contribution in [0.5, 0.6) is 0 Å². The summed E-state index contributed by atoms with van der Waals surface area (Å²) in [5, 5.41) is 3.55. The van der Waals surface area contributed by atoms with Gasteiger partial charge in [0.05, 0.1) is 5.69 Å². The Hall–Kier alpha value is -1.19. The number of hydrogen-bond donors (Lipinski definition) is 1. The summed E-state index contributed by atoms with van der Waals surface area (Å²) in [6, 6.07) is 6.76. The molecule has 18 heavy (non-hydrogen) atoms. The fraction of sp³-hybridized carbons (Fsp3) is 0.533. The van der Waals surface area contributed by atoms with E-state index in [1.54, 1.807) is 0 Å². The van der Waals surface area contributed by atoms with E-state index in [1.165, 1.54) is 12.1 Å². The molecule has 1 aliphatic rings. The second-order valence-electron chi connectivity index (χ2n) is 5.13. The Labute approximate surface area is 110 Å². The molecule has 2 atom stereocenters. The van der Waals surface area contributed by atoms with E-state index in [1.807, 2.05) is 18.3 Å². The van der Waals surface area contributed by atoms with Crippen molar-refractivity contribution >= 4 is 0 Å². The first-order chi connectivity index (χ1) is 8.79. The van der Waals surface area contributed by atoms with Crippen LogP contribution in [0.15, 0.2) is 37.1 Å². The first-order valence-electron chi connectivity index (χ1n) is 6.76. The van der Waals surface area contributed by atoms with Gasteiger partial charge in [-0.3, -0.25) is 9.88 Å². The van der Waals surface area contributed by atoms with Gasteiger partial charge in [0.2, 0.25) is 0 Å². The zero-order valence-corrected chi connectivity index (χ0v) is 11.2. The monoisotopic (exact) mass is 245 g/mol.